The van der Waals surface area contributed by atoms with Gasteiger partial charge in [0.25, 0.3) is 0 Å². The molecule has 1 saturated carbocycles. The van der Waals surface area contributed by atoms with E-state index in [0.717, 1.165) is 64.2 Å². The minimum absolute atomic E-state index is 0.179. The van der Waals surface area contributed by atoms with Crippen LogP contribution in [0.2, 0.25) is 0 Å². The number of Topliss-reactive ketones (excluding diaryl/α,β-unsaturated/α-hetero) is 1. The van der Waals surface area contributed by atoms with E-state index in [1.54, 1.807) is 0 Å². The van der Waals surface area contributed by atoms with Crippen molar-refractivity contribution < 1.29 is 19.8 Å². The average molecular weight is 338 g/mol. The molecule has 1 rings (SSSR count). The molecule has 24 heavy (non-hydrogen) atoms. The summed E-state index contributed by atoms with van der Waals surface area (Å²) >= 11 is 0. The van der Waals surface area contributed by atoms with E-state index >= 15 is 0 Å². The Morgan fingerprint density at radius 1 is 1.21 bits per heavy atom. The largest absolute Gasteiger partial charge is 0.481 e. The highest BCUT2D eigenvalue weighted by Gasteiger charge is 2.31. The van der Waals surface area contributed by atoms with Gasteiger partial charge in [0.05, 0.1) is 6.10 Å². The Labute approximate surface area is 146 Å². The fourth-order valence-electron chi connectivity index (χ4n) is 3.51. The number of hydrogen-bond donors (Lipinski definition) is 2. The molecular weight excluding hydrogens is 304 g/mol. The molecule has 4 nitrogen and oxygen atoms in total. The van der Waals surface area contributed by atoms with E-state index < -0.39 is 5.97 Å². The van der Waals surface area contributed by atoms with Crippen LogP contribution in [0.4, 0.5) is 0 Å². The van der Waals surface area contributed by atoms with Crippen molar-refractivity contribution in [2.45, 2.75) is 90.1 Å². The molecule has 1 aliphatic rings. The smallest absolute Gasteiger partial charge is 0.303 e. The molecule has 138 valence electrons. The van der Waals surface area contributed by atoms with Crippen LogP contribution in [0.1, 0.15) is 84.0 Å². The van der Waals surface area contributed by atoms with Crippen molar-refractivity contribution in [3.63, 3.8) is 0 Å². The van der Waals surface area contributed by atoms with Crippen molar-refractivity contribution in [1.82, 2.24) is 0 Å². The number of carboxylic acid groups (broad SMARTS) is 1. The predicted octanol–water partition coefficient (Wildman–Crippen LogP) is 4.50. The van der Waals surface area contributed by atoms with Crippen LogP contribution in [0.25, 0.3) is 0 Å². The van der Waals surface area contributed by atoms with E-state index in [9.17, 15) is 14.7 Å². The Morgan fingerprint density at radius 2 is 1.96 bits per heavy atom. The molecule has 1 aliphatic carbocycles. The number of carbonyl (C=O) groups excluding carboxylic acids is 1. The second-order valence-electron chi connectivity index (χ2n) is 7.18. The van der Waals surface area contributed by atoms with Gasteiger partial charge >= 0.3 is 5.97 Å². The first-order valence-electron chi connectivity index (χ1n) is 9.60. The average Bonchev–Trinajstić information content (AvgIpc) is 2.86. The number of aliphatic hydroxyl groups excluding tert-OH is 1. The van der Waals surface area contributed by atoms with E-state index in [0.29, 0.717) is 18.1 Å². The van der Waals surface area contributed by atoms with E-state index in [1.165, 1.54) is 0 Å². The van der Waals surface area contributed by atoms with Crippen molar-refractivity contribution in [3.8, 4) is 0 Å². The summed E-state index contributed by atoms with van der Waals surface area (Å²) in [6.45, 7) is 1.83. The highest BCUT2D eigenvalue weighted by molar-refractivity contribution is 5.83. The van der Waals surface area contributed by atoms with Gasteiger partial charge < -0.3 is 10.2 Å². The third-order valence-corrected chi connectivity index (χ3v) is 4.94. The number of hydrogen-bond acceptors (Lipinski definition) is 3. The molecule has 1 unspecified atom stereocenters. The maximum absolute atomic E-state index is 12.1. The van der Waals surface area contributed by atoms with Gasteiger partial charge in [-0.1, -0.05) is 37.8 Å². The lowest BCUT2D eigenvalue weighted by Crippen LogP contribution is -2.13. The second kappa shape index (κ2) is 12.2. The molecule has 0 saturated heterocycles. The highest BCUT2D eigenvalue weighted by atomic mass is 16.4. The standard InChI is InChI=1S/C20H34O4/c1-16(21)10-6-2-3-7-11-17-14-15-19(22)18(17)12-8-4-5-9-13-20(23)24/h7,11,16-18,21H,2-6,8-10,12-15H2,1H3,(H,23,24)/t16?,17-,18+/m0/s1. The molecule has 0 aliphatic heterocycles. The summed E-state index contributed by atoms with van der Waals surface area (Å²) in [6, 6.07) is 0. The van der Waals surface area contributed by atoms with Gasteiger partial charge in [-0.15, -0.1) is 0 Å². The van der Waals surface area contributed by atoms with Crippen molar-refractivity contribution in [2.24, 2.45) is 11.8 Å². The van der Waals surface area contributed by atoms with Crippen LogP contribution in [0.5, 0.6) is 0 Å². The molecule has 1 fully saturated rings. The fourth-order valence-corrected chi connectivity index (χ4v) is 3.51. The fraction of sp³-hybridized carbons (Fsp3) is 0.800. The van der Waals surface area contributed by atoms with Crippen molar-refractivity contribution >= 4 is 11.8 Å². The minimum Gasteiger partial charge on any atom is -0.481 e. The normalized spacial score (nSPS) is 22.3. The summed E-state index contributed by atoms with van der Waals surface area (Å²) in [7, 11) is 0. The number of rotatable bonds is 13. The molecule has 0 amide bonds. The van der Waals surface area contributed by atoms with Crippen LogP contribution in [-0.4, -0.2) is 28.1 Å². The number of allylic oxidation sites excluding steroid dienone is 2. The van der Waals surface area contributed by atoms with Crippen molar-refractivity contribution in [3.05, 3.63) is 12.2 Å². The summed E-state index contributed by atoms with van der Waals surface area (Å²) in [5, 5.41) is 17.8. The molecule has 0 radical (unpaired) electrons. The molecule has 0 aromatic carbocycles. The molecule has 0 aromatic rings. The SMILES string of the molecule is CC(O)CCCCC=C[C@H]1CCC(=O)[C@@H]1CCCCCCC(=O)O. The van der Waals surface area contributed by atoms with E-state index in [1.807, 2.05) is 6.92 Å². The number of carboxylic acids is 1. The molecular formula is C20H34O4. The van der Waals surface area contributed by atoms with Gasteiger partial charge in [0, 0.05) is 18.8 Å². The van der Waals surface area contributed by atoms with Crippen LogP contribution in [0.15, 0.2) is 12.2 Å². The first kappa shape index (κ1) is 20.9. The van der Waals surface area contributed by atoms with Crippen LogP contribution in [-0.2, 0) is 9.59 Å². The van der Waals surface area contributed by atoms with Crippen LogP contribution >= 0.6 is 0 Å². The van der Waals surface area contributed by atoms with Gasteiger partial charge in [-0.2, -0.15) is 0 Å². The quantitative estimate of drug-likeness (QED) is 0.383. The lowest BCUT2D eigenvalue weighted by Gasteiger charge is -2.14. The number of unbranched alkanes of at least 4 members (excludes halogenated alkanes) is 5. The van der Waals surface area contributed by atoms with Crippen molar-refractivity contribution in [1.29, 1.82) is 0 Å². The first-order valence-corrected chi connectivity index (χ1v) is 9.60. The maximum Gasteiger partial charge on any atom is 0.303 e. The summed E-state index contributed by atoms with van der Waals surface area (Å²) in [4.78, 5) is 22.5. The van der Waals surface area contributed by atoms with Crippen LogP contribution in [0.3, 0.4) is 0 Å². The molecule has 0 bridgehead atoms. The summed E-state index contributed by atoms with van der Waals surface area (Å²) in [5.41, 5.74) is 0. The molecule has 0 spiro atoms. The predicted molar refractivity (Wildman–Crippen MR) is 95.8 cm³/mol. The van der Waals surface area contributed by atoms with Gasteiger partial charge in [-0.05, 0) is 51.4 Å². The van der Waals surface area contributed by atoms with Gasteiger partial charge in [0.2, 0.25) is 0 Å². The van der Waals surface area contributed by atoms with Crippen LogP contribution < -0.4 is 0 Å². The zero-order chi connectivity index (χ0) is 17.8. The van der Waals surface area contributed by atoms with E-state index in [2.05, 4.69) is 12.2 Å². The third-order valence-electron chi connectivity index (χ3n) is 4.94. The zero-order valence-electron chi connectivity index (χ0n) is 15.1. The lowest BCUT2D eigenvalue weighted by molar-refractivity contribution is -0.137. The Balaban J connectivity index is 2.19. The summed E-state index contributed by atoms with van der Waals surface area (Å²) in [5.74, 6) is 0.260. The van der Waals surface area contributed by atoms with E-state index in [-0.39, 0.29) is 18.4 Å². The molecule has 0 aromatic heterocycles. The molecule has 2 N–H and O–H groups in total. The first-order chi connectivity index (χ1) is 11.5. The number of aliphatic carboxylic acids is 1. The van der Waals surface area contributed by atoms with E-state index in [4.69, 9.17) is 5.11 Å². The Morgan fingerprint density at radius 3 is 2.67 bits per heavy atom. The number of aliphatic hydroxyl groups is 1. The molecule has 4 heteroatoms. The topological polar surface area (TPSA) is 74.6 Å². The summed E-state index contributed by atoms with van der Waals surface area (Å²) in [6.07, 6.45) is 14.9. The monoisotopic (exact) mass is 338 g/mol. The summed E-state index contributed by atoms with van der Waals surface area (Å²) < 4.78 is 0. The Hall–Kier alpha value is -1.16. The highest BCUT2D eigenvalue weighted by Crippen LogP contribution is 2.34. The van der Waals surface area contributed by atoms with Gasteiger partial charge in [-0.25, -0.2) is 0 Å². The third kappa shape index (κ3) is 9.21. The molecule has 0 heterocycles. The Kier molecular flexibility index (Phi) is 10.6. The van der Waals surface area contributed by atoms with Gasteiger partial charge in [0.1, 0.15) is 5.78 Å². The van der Waals surface area contributed by atoms with Gasteiger partial charge in [0.15, 0.2) is 0 Å². The minimum atomic E-state index is -0.723. The zero-order valence-corrected chi connectivity index (χ0v) is 15.1. The Bertz CT molecular complexity index is 400. The molecule has 3 atom stereocenters. The van der Waals surface area contributed by atoms with Gasteiger partial charge in [-0.3, -0.25) is 9.59 Å². The van der Waals surface area contributed by atoms with Crippen LogP contribution in [0, 0.1) is 11.8 Å². The lowest BCUT2D eigenvalue weighted by atomic mass is 9.89. The second-order valence-corrected chi connectivity index (χ2v) is 7.18. The maximum atomic E-state index is 12.1. The number of carbonyl (C=O) groups is 2. The number of ketones is 1. The van der Waals surface area contributed by atoms with Crippen molar-refractivity contribution in [2.75, 3.05) is 0 Å².